The van der Waals surface area contributed by atoms with E-state index < -0.39 is 19.8 Å². The van der Waals surface area contributed by atoms with E-state index in [1.54, 1.807) is 0 Å². The second-order valence-corrected chi connectivity index (χ2v) is 14.7. The summed E-state index contributed by atoms with van der Waals surface area (Å²) in [5.41, 5.74) is 5.32. The maximum Gasteiger partial charge on any atom is 0.416 e. The van der Waals surface area contributed by atoms with Crippen LogP contribution in [0.15, 0.2) is 6.20 Å². The normalized spacial score (nSPS) is 26.3. The highest BCUT2D eigenvalue weighted by atomic mass is 28.3. The van der Waals surface area contributed by atoms with E-state index in [0.29, 0.717) is 31.8 Å². The van der Waals surface area contributed by atoms with E-state index in [9.17, 15) is 9.59 Å². The Morgan fingerprint density at radius 2 is 2.10 bits per heavy atom. The Morgan fingerprint density at radius 1 is 1.34 bits per heavy atom. The highest BCUT2D eigenvalue weighted by molar-refractivity contribution is 6.76. The van der Waals surface area contributed by atoms with Crippen molar-refractivity contribution in [3.05, 3.63) is 6.20 Å². The Balaban J connectivity index is 1.49. The van der Waals surface area contributed by atoms with Gasteiger partial charge in [0.15, 0.2) is 12.4 Å². The van der Waals surface area contributed by atoms with Crippen molar-refractivity contribution in [3.8, 4) is 5.88 Å². The fraction of sp³-hybridized carbons (Fsp3) is 0.667. The largest absolute Gasteiger partial charge is 0.465 e. The van der Waals surface area contributed by atoms with Gasteiger partial charge in [-0.3, -0.25) is 14.6 Å². The van der Waals surface area contributed by atoms with Crippen molar-refractivity contribution in [3.63, 3.8) is 0 Å². The van der Waals surface area contributed by atoms with E-state index in [0.717, 1.165) is 6.04 Å². The molecule has 29 heavy (non-hydrogen) atoms. The van der Waals surface area contributed by atoms with Crippen LogP contribution in [0.4, 0.5) is 16.4 Å². The molecule has 2 aliphatic heterocycles. The van der Waals surface area contributed by atoms with Gasteiger partial charge in [0.05, 0.1) is 12.7 Å². The van der Waals surface area contributed by atoms with Gasteiger partial charge in [0.25, 0.3) is 11.8 Å². The van der Waals surface area contributed by atoms with Crippen molar-refractivity contribution in [1.82, 2.24) is 9.97 Å². The van der Waals surface area contributed by atoms with Gasteiger partial charge in [-0.25, -0.2) is 14.8 Å². The quantitative estimate of drug-likeness (QED) is 0.539. The minimum atomic E-state index is -1.23. The number of carbonyl (C=O) groups is 2. The molecule has 1 spiro atoms. The number of hydrogen-bond acceptors (Lipinski definition) is 8. The average Bonchev–Trinajstić information content (AvgIpc) is 2.96. The summed E-state index contributed by atoms with van der Waals surface area (Å²) in [6.07, 6.45) is 2.24. The average molecular weight is 422 g/mol. The molecule has 0 atom stereocenters. The minimum Gasteiger partial charge on any atom is -0.465 e. The molecule has 0 aromatic carbocycles. The van der Waals surface area contributed by atoms with Gasteiger partial charge in [0.1, 0.15) is 12.3 Å². The Bertz CT molecular complexity index is 823. The molecular weight excluding hydrogens is 394 g/mol. The van der Waals surface area contributed by atoms with E-state index in [1.165, 1.54) is 16.0 Å². The lowest BCUT2D eigenvalue weighted by Gasteiger charge is -2.40. The molecule has 1 saturated carbocycles. The Kier molecular flexibility index (Phi) is 4.99. The van der Waals surface area contributed by atoms with E-state index in [4.69, 9.17) is 19.9 Å². The molecule has 2 amide bonds. The Labute approximate surface area is 170 Å². The third-order valence-electron chi connectivity index (χ3n) is 5.33. The van der Waals surface area contributed by atoms with Crippen LogP contribution >= 0.6 is 0 Å². The molecule has 0 bridgehead atoms. The highest BCUT2D eigenvalue weighted by Crippen LogP contribution is 2.42. The van der Waals surface area contributed by atoms with Crippen LogP contribution in [0.25, 0.3) is 0 Å². The Morgan fingerprint density at radius 3 is 2.79 bits per heavy atom. The Hall–Kier alpha value is -2.24. The van der Waals surface area contributed by atoms with Crippen molar-refractivity contribution in [2.75, 3.05) is 36.3 Å². The second-order valence-electron chi connectivity index (χ2n) is 9.12. The first kappa shape index (κ1) is 20.0. The molecule has 158 valence electrons. The lowest BCUT2D eigenvalue weighted by Crippen LogP contribution is -2.54. The van der Waals surface area contributed by atoms with Gasteiger partial charge in [0, 0.05) is 33.6 Å². The first-order chi connectivity index (χ1) is 13.7. The molecule has 10 nitrogen and oxygen atoms in total. The van der Waals surface area contributed by atoms with Crippen LogP contribution in [0.1, 0.15) is 12.8 Å². The van der Waals surface area contributed by atoms with E-state index >= 15 is 0 Å². The van der Waals surface area contributed by atoms with Crippen LogP contribution in [0.5, 0.6) is 5.88 Å². The fourth-order valence-corrected chi connectivity index (χ4v) is 4.43. The maximum absolute atomic E-state index is 12.4. The topological polar surface area (TPSA) is 120 Å². The fourth-order valence-electron chi connectivity index (χ4n) is 3.67. The number of rotatable bonds is 6. The lowest BCUT2D eigenvalue weighted by molar-refractivity contribution is -0.122. The predicted octanol–water partition coefficient (Wildman–Crippen LogP) is 1.33. The van der Waals surface area contributed by atoms with Crippen molar-refractivity contribution in [1.29, 1.82) is 0 Å². The van der Waals surface area contributed by atoms with E-state index in [1.807, 2.05) is 0 Å². The number of nitrogens with two attached hydrogens (primary N) is 1. The van der Waals surface area contributed by atoms with Gasteiger partial charge in [0.2, 0.25) is 5.82 Å². The molecule has 2 N–H and O–H groups in total. The van der Waals surface area contributed by atoms with Gasteiger partial charge in [-0.1, -0.05) is 19.6 Å². The third kappa shape index (κ3) is 4.07. The lowest BCUT2D eigenvalue weighted by atomic mass is 9.76. The molecule has 1 saturated heterocycles. The summed E-state index contributed by atoms with van der Waals surface area (Å²) in [5, 5.41) is 0. The molecule has 4 rings (SSSR count). The maximum atomic E-state index is 12.4. The van der Waals surface area contributed by atoms with Crippen LogP contribution < -0.4 is 20.3 Å². The summed E-state index contributed by atoms with van der Waals surface area (Å²) in [6, 6.07) is 1.04. The number of ether oxygens (including phenoxy) is 3. The molecular formula is C18H27N5O5Si. The molecule has 1 aromatic heterocycles. The van der Waals surface area contributed by atoms with E-state index in [2.05, 4.69) is 29.6 Å². The molecule has 1 aromatic rings. The summed E-state index contributed by atoms with van der Waals surface area (Å²) < 4.78 is 16.7. The van der Waals surface area contributed by atoms with Gasteiger partial charge >= 0.3 is 6.09 Å². The van der Waals surface area contributed by atoms with Crippen LogP contribution in [0, 0.1) is 0 Å². The third-order valence-corrected chi connectivity index (χ3v) is 7.03. The summed E-state index contributed by atoms with van der Waals surface area (Å²) >= 11 is 0. The SMILES string of the molecule is C[Si](C)(C)CCOCN1C(=O)COc2ncc(N3CC4(CC(N)C4)OC3=O)nc21. The van der Waals surface area contributed by atoms with Crippen LogP contribution in [0.3, 0.4) is 0 Å². The first-order valence-corrected chi connectivity index (χ1v) is 13.5. The summed E-state index contributed by atoms with van der Waals surface area (Å²) in [7, 11) is -1.23. The zero-order chi connectivity index (χ0) is 20.8. The summed E-state index contributed by atoms with van der Waals surface area (Å²) in [5.74, 6) is 0.555. The van der Waals surface area contributed by atoms with Crippen molar-refractivity contribution >= 4 is 31.7 Å². The molecule has 3 heterocycles. The standard InChI is InChI=1S/C18H27N5O5Si/c1-29(2,3)5-4-26-11-23-14(24)9-27-16-15(23)21-13(8-20-16)22-10-18(28-17(22)25)6-12(19)7-18/h8,12H,4-7,9-11,19H2,1-3H3. The molecule has 0 unspecified atom stereocenters. The van der Waals surface area contributed by atoms with E-state index in [-0.39, 0.29) is 37.0 Å². The second kappa shape index (κ2) is 7.22. The molecule has 3 aliphatic rings. The zero-order valence-corrected chi connectivity index (χ0v) is 18.0. The van der Waals surface area contributed by atoms with Crippen molar-refractivity contribution in [2.45, 2.75) is 50.2 Å². The van der Waals surface area contributed by atoms with Crippen molar-refractivity contribution < 1.29 is 23.8 Å². The monoisotopic (exact) mass is 421 g/mol. The number of anilines is 2. The number of hydrogen-bond donors (Lipinski definition) is 1. The molecule has 0 radical (unpaired) electrons. The minimum absolute atomic E-state index is 0.0483. The molecule has 1 aliphatic carbocycles. The predicted molar refractivity (Wildman–Crippen MR) is 108 cm³/mol. The van der Waals surface area contributed by atoms with Gasteiger partial charge < -0.3 is 19.9 Å². The number of fused-ring (bicyclic) bond motifs is 1. The van der Waals surface area contributed by atoms with Crippen molar-refractivity contribution in [2.24, 2.45) is 5.73 Å². The summed E-state index contributed by atoms with van der Waals surface area (Å²) in [4.78, 5) is 36.3. The number of nitrogens with zero attached hydrogens (tertiary/aromatic N) is 4. The van der Waals surface area contributed by atoms with Crippen LogP contribution in [-0.2, 0) is 14.3 Å². The van der Waals surface area contributed by atoms with Crippen LogP contribution in [-0.4, -0.2) is 68.2 Å². The zero-order valence-electron chi connectivity index (χ0n) is 17.0. The van der Waals surface area contributed by atoms with Gasteiger partial charge in [-0.05, 0) is 6.04 Å². The first-order valence-electron chi connectivity index (χ1n) is 9.80. The highest BCUT2D eigenvalue weighted by Gasteiger charge is 2.54. The van der Waals surface area contributed by atoms with Crippen LogP contribution in [0.2, 0.25) is 25.7 Å². The number of aromatic nitrogens is 2. The smallest absolute Gasteiger partial charge is 0.416 e. The van der Waals surface area contributed by atoms with Gasteiger partial charge in [-0.2, -0.15) is 0 Å². The summed E-state index contributed by atoms with van der Waals surface area (Å²) in [6.45, 7) is 7.69. The van der Waals surface area contributed by atoms with Gasteiger partial charge in [-0.15, -0.1) is 0 Å². The molecule has 11 heteroatoms. The number of carbonyl (C=O) groups excluding carboxylic acids is 2. The number of amides is 2. The molecule has 2 fully saturated rings.